The average Bonchev–Trinajstić information content (AvgIpc) is 2.72. The highest BCUT2D eigenvalue weighted by Gasteiger charge is 2.41. The first kappa shape index (κ1) is 15.3. The minimum absolute atomic E-state index is 0.0334. The maximum absolute atomic E-state index is 12.2. The largest absolute Gasteiger partial charge is 0.480 e. The molecule has 18 heavy (non-hydrogen) atoms. The van der Waals surface area contributed by atoms with Gasteiger partial charge in [-0.1, -0.05) is 40.0 Å². The van der Waals surface area contributed by atoms with E-state index >= 15 is 0 Å². The fourth-order valence-corrected chi connectivity index (χ4v) is 3.59. The lowest BCUT2D eigenvalue weighted by molar-refractivity contribution is -0.150. The van der Waals surface area contributed by atoms with Crippen molar-refractivity contribution in [3.8, 4) is 0 Å². The molecule has 1 aliphatic rings. The lowest BCUT2D eigenvalue weighted by atomic mass is 10.1. The number of carboxylic acids is 1. The monoisotopic (exact) mass is 273 g/mol. The zero-order valence-electron chi connectivity index (χ0n) is 11.4. The van der Waals surface area contributed by atoms with Gasteiger partial charge in [0.05, 0.1) is 5.37 Å². The zero-order chi connectivity index (χ0) is 13.7. The third kappa shape index (κ3) is 3.64. The van der Waals surface area contributed by atoms with E-state index in [-0.39, 0.29) is 17.2 Å². The number of hydrogen-bond acceptors (Lipinski definition) is 3. The molecule has 1 amide bonds. The molecule has 5 heteroatoms. The maximum Gasteiger partial charge on any atom is 0.327 e. The molecule has 0 bridgehead atoms. The summed E-state index contributed by atoms with van der Waals surface area (Å²) in [5.41, 5.74) is 0. The van der Waals surface area contributed by atoms with Crippen LogP contribution in [-0.4, -0.2) is 39.1 Å². The maximum atomic E-state index is 12.2. The van der Waals surface area contributed by atoms with E-state index in [2.05, 4.69) is 6.92 Å². The van der Waals surface area contributed by atoms with Crippen molar-refractivity contribution in [3.63, 3.8) is 0 Å². The Bertz CT molecular complexity index is 307. The van der Waals surface area contributed by atoms with Crippen molar-refractivity contribution < 1.29 is 14.7 Å². The summed E-state index contributed by atoms with van der Waals surface area (Å²) in [5, 5.41) is 9.25. The normalized spacial score (nSPS) is 23.7. The molecule has 0 saturated carbocycles. The van der Waals surface area contributed by atoms with Crippen LogP contribution in [0.4, 0.5) is 0 Å². The highest BCUT2D eigenvalue weighted by molar-refractivity contribution is 8.00. The highest BCUT2D eigenvalue weighted by Crippen LogP contribution is 2.33. The predicted molar refractivity (Wildman–Crippen MR) is 73.5 cm³/mol. The van der Waals surface area contributed by atoms with Crippen LogP contribution in [0.2, 0.25) is 0 Å². The van der Waals surface area contributed by atoms with Crippen molar-refractivity contribution in [2.75, 3.05) is 5.75 Å². The lowest BCUT2D eigenvalue weighted by Gasteiger charge is -2.29. The third-order valence-corrected chi connectivity index (χ3v) is 4.54. The quantitative estimate of drug-likeness (QED) is 0.756. The second kappa shape index (κ2) is 7.02. The molecule has 0 aromatic rings. The Morgan fingerprint density at radius 3 is 2.56 bits per heavy atom. The van der Waals surface area contributed by atoms with E-state index in [0.29, 0.717) is 5.75 Å². The topological polar surface area (TPSA) is 57.6 Å². The van der Waals surface area contributed by atoms with E-state index in [4.69, 9.17) is 0 Å². The van der Waals surface area contributed by atoms with Gasteiger partial charge in [-0.15, -0.1) is 11.8 Å². The van der Waals surface area contributed by atoms with Crippen LogP contribution in [0.5, 0.6) is 0 Å². The zero-order valence-corrected chi connectivity index (χ0v) is 12.2. The molecule has 0 aliphatic carbocycles. The number of hydrogen-bond donors (Lipinski definition) is 1. The van der Waals surface area contributed by atoms with Crippen LogP contribution in [0.15, 0.2) is 0 Å². The molecular formula is C13H23NO3S. The fraction of sp³-hybridized carbons (Fsp3) is 0.846. The van der Waals surface area contributed by atoms with Gasteiger partial charge in [0, 0.05) is 11.7 Å². The van der Waals surface area contributed by atoms with Crippen LogP contribution >= 0.6 is 11.8 Å². The highest BCUT2D eigenvalue weighted by atomic mass is 32.2. The molecule has 1 rings (SSSR count). The summed E-state index contributed by atoms with van der Waals surface area (Å²) in [5.74, 6) is -0.535. The molecule has 0 aromatic carbocycles. The minimum atomic E-state index is -0.880. The van der Waals surface area contributed by atoms with Crippen molar-refractivity contribution >= 4 is 23.6 Å². The Labute approximate surface area is 113 Å². The fourth-order valence-electron chi connectivity index (χ4n) is 2.14. The van der Waals surface area contributed by atoms with Gasteiger partial charge >= 0.3 is 5.97 Å². The van der Waals surface area contributed by atoms with Crippen molar-refractivity contribution in [2.45, 2.75) is 57.9 Å². The van der Waals surface area contributed by atoms with E-state index < -0.39 is 12.0 Å². The minimum Gasteiger partial charge on any atom is -0.480 e. The summed E-state index contributed by atoms with van der Waals surface area (Å²) < 4.78 is 0. The number of unbranched alkanes of at least 4 members (excludes halogenated alkanes) is 2. The van der Waals surface area contributed by atoms with Crippen molar-refractivity contribution in [1.82, 2.24) is 4.90 Å². The number of amides is 1. The van der Waals surface area contributed by atoms with Gasteiger partial charge in [0.25, 0.3) is 0 Å². The van der Waals surface area contributed by atoms with Crippen molar-refractivity contribution in [2.24, 2.45) is 5.92 Å². The number of thioether (sulfide) groups is 1. The first-order valence-electron chi connectivity index (χ1n) is 6.65. The molecular weight excluding hydrogens is 250 g/mol. The average molecular weight is 273 g/mol. The van der Waals surface area contributed by atoms with Crippen LogP contribution in [0.25, 0.3) is 0 Å². The van der Waals surface area contributed by atoms with Crippen LogP contribution in [-0.2, 0) is 9.59 Å². The van der Waals surface area contributed by atoms with Gasteiger partial charge < -0.3 is 10.0 Å². The molecule has 1 N–H and O–H groups in total. The van der Waals surface area contributed by atoms with Gasteiger partial charge in [-0.25, -0.2) is 4.79 Å². The van der Waals surface area contributed by atoms with Gasteiger partial charge in [-0.05, 0) is 6.42 Å². The van der Waals surface area contributed by atoms with Crippen molar-refractivity contribution in [3.05, 3.63) is 0 Å². The summed E-state index contributed by atoms with van der Waals surface area (Å²) >= 11 is 1.61. The van der Waals surface area contributed by atoms with Crippen LogP contribution in [0.1, 0.15) is 46.5 Å². The Morgan fingerprint density at radius 1 is 1.39 bits per heavy atom. The molecule has 104 valence electrons. The molecule has 0 aromatic heterocycles. The summed E-state index contributed by atoms with van der Waals surface area (Å²) in [7, 11) is 0. The summed E-state index contributed by atoms with van der Waals surface area (Å²) in [6.07, 6.45) is 4.24. The molecule has 2 atom stereocenters. The molecule has 1 aliphatic heterocycles. The number of rotatable bonds is 6. The van der Waals surface area contributed by atoms with Crippen LogP contribution in [0.3, 0.4) is 0 Å². The third-order valence-electron chi connectivity index (χ3n) is 3.18. The van der Waals surface area contributed by atoms with E-state index in [9.17, 15) is 14.7 Å². The van der Waals surface area contributed by atoms with Gasteiger partial charge in [-0.3, -0.25) is 4.79 Å². The van der Waals surface area contributed by atoms with E-state index in [1.807, 2.05) is 13.8 Å². The summed E-state index contributed by atoms with van der Waals surface area (Å²) in [4.78, 5) is 25.0. The first-order valence-corrected chi connectivity index (χ1v) is 7.70. The molecule has 1 saturated heterocycles. The van der Waals surface area contributed by atoms with Crippen LogP contribution in [0, 0.1) is 5.92 Å². The second-order valence-corrected chi connectivity index (χ2v) is 6.25. The van der Waals surface area contributed by atoms with Gasteiger partial charge in [0.2, 0.25) is 5.91 Å². The van der Waals surface area contributed by atoms with Gasteiger partial charge in [0.1, 0.15) is 6.04 Å². The second-order valence-electron chi connectivity index (χ2n) is 5.04. The predicted octanol–water partition coefficient (Wildman–Crippen LogP) is 2.58. The molecule has 2 unspecified atom stereocenters. The van der Waals surface area contributed by atoms with E-state index in [1.165, 1.54) is 0 Å². The summed E-state index contributed by atoms with van der Waals surface area (Å²) in [6.45, 7) is 5.79. The standard InChI is InChI=1S/C13H23NO3S/c1-4-5-6-7-11-14(12(15)9(2)3)10(8-18-11)13(16)17/h9-11H,4-8H2,1-3H3,(H,16,17). The number of aliphatic carboxylic acids is 1. The molecule has 1 heterocycles. The van der Waals surface area contributed by atoms with E-state index in [0.717, 1.165) is 25.7 Å². The molecule has 0 spiro atoms. The Balaban J connectivity index is 2.71. The Kier molecular flexibility index (Phi) is 5.99. The van der Waals surface area contributed by atoms with Gasteiger partial charge in [0.15, 0.2) is 0 Å². The number of carboxylic acid groups (broad SMARTS) is 1. The number of carbonyl (C=O) groups excluding carboxylic acids is 1. The number of nitrogens with zero attached hydrogens (tertiary/aromatic N) is 1. The SMILES string of the molecule is CCCCCC1SCC(C(=O)O)N1C(=O)C(C)C. The smallest absolute Gasteiger partial charge is 0.327 e. The molecule has 0 radical (unpaired) electrons. The number of carbonyl (C=O) groups is 2. The molecule has 4 nitrogen and oxygen atoms in total. The Morgan fingerprint density at radius 2 is 2.06 bits per heavy atom. The Hall–Kier alpha value is -0.710. The first-order chi connectivity index (χ1) is 8.49. The van der Waals surface area contributed by atoms with Crippen LogP contribution < -0.4 is 0 Å². The van der Waals surface area contributed by atoms with Gasteiger partial charge in [-0.2, -0.15) is 0 Å². The summed E-state index contributed by atoms with van der Waals surface area (Å²) in [6, 6.07) is -0.642. The van der Waals surface area contributed by atoms with E-state index in [1.54, 1.807) is 16.7 Å². The lowest BCUT2D eigenvalue weighted by Crippen LogP contribution is -2.47. The van der Waals surface area contributed by atoms with Crippen molar-refractivity contribution in [1.29, 1.82) is 0 Å². The molecule has 1 fully saturated rings.